The van der Waals surface area contributed by atoms with Crippen LogP contribution in [0.25, 0.3) is 0 Å². The summed E-state index contributed by atoms with van der Waals surface area (Å²) in [5, 5.41) is 66.0. The summed E-state index contributed by atoms with van der Waals surface area (Å²) >= 11 is 0. The normalized spacial score (nSPS) is 51.3. The van der Waals surface area contributed by atoms with E-state index in [2.05, 4.69) is 0 Å². The zero-order chi connectivity index (χ0) is 15.7. The van der Waals surface area contributed by atoms with Gasteiger partial charge in [0, 0.05) is 0 Å². The zero-order valence-corrected chi connectivity index (χ0v) is 11.0. The van der Waals surface area contributed by atoms with Crippen LogP contribution < -0.4 is 0 Å². The Morgan fingerprint density at radius 1 is 0.714 bits per heavy atom. The SMILES string of the molecule is OC[C@H]1O[C@H](OC[C@H]2OC(O)[C@@H](O)[C@@H]2O)[C@H](O)[C@@H](O)[C@@H]1O. The first-order chi connectivity index (χ1) is 9.86. The molecule has 7 N–H and O–H groups in total. The molecule has 0 aliphatic carbocycles. The molecule has 2 saturated heterocycles. The van der Waals surface area contributed by atoms with Crippen molar-refractivity contribution in [3.63, 3.8) is 0 Å². The Kier molecular flexibility index (Phi) is 5.48. The Morgan fingerprint density at radius 3 is 1.86 bits per heavy atom. The third-order valence-corrected chi connectivity index (χ3v) is 3.61. The van der Waals surface area contributed by atoms with Crippen LogP contribution in [0, 0.1) is 0 Å². The lowest BCUT2D eigenvalue weighted by atomic mass is 9.99. The number of ether oxygens (including phenoxy) is 3. The molecule has 0 aromatic rings. The van der Waals surface area contributed by atoms with E-state index in [1.165, 1.54) is 0 Å². The lowest BCUT2D eigenvalue weighted by Crippen LogP contribution is -2.59. The molecule has 0 aromatic carbocycles. The first-order valence-corrected chi connectivity index (χ1v) is 6.48. The van der Waals surface area contributed by atoms with Crippen LogP contribution in [0.2, 0.25) is 0 Å². The summed E-state index contributed by atoms with van der Waals surface area (Å²) in [6.07, 6.45) is -12.6. The van der Waals surface area contributed by atoms with Crippen LogP contribution in [-0.2, 0) is 14.2 Å². The van der Waals surface area contributed by atoms with Crippen molar-refractivity contribution in [2.24, 2.45) is 0 Å². The molecule has 2 aliphatic heterocycles. The van der Waals surface area contributed by atoms with Crippen molar-refractivity contribution in [3.05, 3.63) is 0 Å². The molecule has 2 heterocycles. The number of hydrogen-bond acceptors (Lipinski definition) is 10. The predicted octanol–water partition coefficient (Wildman–Crippen LogP) is -4.76. The van der Waals surface area contributed by atoms with Gasteiger partial charge in [-0.2, -0.15) is 0 Å². The van der Waals surface area contributed by atoms with Crippen molar-refractivity contribution >= 4 is 0 Å². The maximum absolute atomic E-state index is 9.72. The monoisotopic (exact) mass is 312 g/mol. The van der Waals surface area contributed by atoms with Gasteiger partial charge in [-0.25, -0.2) is 0 Å². The van der Waals surface area contributed by atoms with Gasteiger partial charge in [-0.15, -0.1) is 0 Å². The predicted molar refractivity (Wildman–Crippen MR) is 62.6 cm³/mol. The second-order valence-corrected chi connectivity index (χ2v) is 5.08. The van der Waals surface area contributed by atoms with E-state index in [0.29, 0.717) is 0 Å². The fraction of sp³-hybridized carbons (Fsp3) is 1.00. The summed E-state index contributed by atoms with van der Waals surface area (Å²) in [7, 11) is 0. The van der Waals surface area contributed by atoms with E-state index < -0.39 is 61.9 Å². The second kappa shape index (κ2) is 6.79. The van der Waals surface area contributed by atoms with Gasteiger partial charge in [-0.05, 0) is 0 Å². The Hall–Kier alpha value is -0.400. The Morgan fingerprint density at radius 2 is 1.33 bits per heavy atom. The average molecular weight is 312 g/mol. The molecule has 124 valence electrons. The summed E-state index contributed by atoms with van der Waals surface area (Å²) in [6, 6.07) is 0. The quantitative estimate of drug-likeness (QED) is 0.267. The molecule has 2 rings (SSSR count). The van der Waals surface area contributed by atoms with Crippen molar-refractivity contribution in [2.75, 3.05) is 13.2 Å². The lowest BCUT2D eigenvalue weighted by Gasteiger charge is -2.39. The first kappa shape index (κ1) is 17.0. The fourth-order valence-corrected chi connectivity index (χ4v) is 2.26. The minimum atomic E-state index is -1.58. The highest BCUT2D eigenvalue weighted by Crippen LogP contribution is 2.24. The van der Waals surface area contributed by atoms with Crippen molar-refractivity contribution < 1.29 is 50.0 Å². The van der Waals surface area contributed by atoms with E-state index in [-0.39, 0.29) is 6.61 Å². The molecule has 10 nitrogen and oxygen atoms in total. The summed E-state index contributed by atoms with van der Waals surface area (Å²) in [5.41, 5.74) is 0. The summed E-state index contributed by atoms with van der Waals surface area (Å²) in [6.45, 7) is -0.942. The van der Waals surface area contributed by atoms with E-state index in [0.717, 1.165) is 0 Å². The van der Waals surface area contributed by atoms with Gasteiger partial charge in [-0.1, -0.05) is 0 Å². The fourth-order valence-electron chi connectivity index (χ4n) is 2.26. The lowest BCUT2D eigenvalue weighted by molar-refractivity contribution is -0.306. The molecule has 0 amide bonds. The van der Waals surface area contributed by atoms with Gasteiger partial charge >= 0.3 is 0 Å². The van der Waals surface area contributed by atoms with Gasteiger partial charge in [-0.3, -0.25) is 0 Å². The van der Waals surface area contributed by atoms with E-state index in [9.17, 15) is 30.6 Å². The van der Waals surface area contributed by atoms with Crippen molar-refractivity contribution in [1.29, 1.82) is 0 Å². The molecule has 1 unspecified atom stereocenters. The second-order valence-electron chi connectivity index (χ2n) is 5.08. The molecule has 2 aliphatic rings. The molecule has 0 bridgehead atoms. The van der Waals surface area contributed by atoms with Crippen molar-refractivity contribution in [2.45, 2.75) is 55.3 Å². The van der Waals surface area contributed by atoms with Crippen LogP contribution in [0.1, 0.15) is 0 Å². The minimum absolute atomic E-state index is 0.349. The number of hydrogen-bond donors (Lipinski definition) is 7. The molecule has 0 radical (unpaired) electrons. The molecule has 2 fully saturated rings. The van der Waals surface area contributed by atoms with Crippen molar-refractivity contribution in [3.8, 4) is 0 Å². The zero-order valence-electron chi connectivity index (χ0n) is 11.0. The molecule has 0 saturated carbocycles. The molecular weight excluding hydrogens is 292 g/mol. The Balaban J connectivity index is 1.90. The number of aliphatic hydroxyl groups is 7. The van der Waals surface area contributed by atoms with Crippen molar-refractivity contribution in [1.82, 2.24) is 0 Å². The Labute approximate surface area is 119 Å². The molecule has 9 atom stereocenters. The number of rotatable bonds is 4. The van der Waals surface area contributed by atoms with Gasteiger partial charge in [0.25, 0.3) is 0 Å². The van der Waals surface area contributed by atoms with Crippen LogP contribution in [0.3, 0.4) is 0 Å². The summed E-state index contributed by atoms with van der Waals surface area (Å²) in [4.78, 5) is 0. The van der Waals surface area contributed by atoms with Gasteiger partial charge in [0.15, 0.2) is 12.6 Å². The van der Waals surface area contributed by atoms with E-state index in [1.54, 1.807) is 0 Å². The maximum Gasteiger partial charge on any atom is 0.186 e. The first-order valence-electron chi connectivity index (χ1n) is 6.48. The molecule has 0 aromatic heterocycles. The van der Waals surface area contributed by atoms with Crippen LogP contribution in [0.4, 0.5) is 0 Å². The molecule has 10 heteroatoms. The summed E-state index contributed by atoms with van der Waals surface area (Å²) < 4.78 is 15.1. The smallest absolute Gasteiger partial charge is 0.186 e. The topological polar surface area (TPSA) is 169 Å². The minimum Gasteiger partial charge on any atom is -0.394 e. The largest absolute Gasteiger partial charge is 0.394 e. The van der Waals surface area contributed by atoms with Gasteiger partial charge in [0.2, 0.25) is 0 Å². The highest BCUT2D eigenvalue weighted by Gasteiger charge is 2.46. The summed E-state index contributed by atoms with van der Waals surface area (Å²) in [5.74, 6) is 0. The molecular formula is C11H20O10. The standard InChI is InChI=1S/C11H20O10/c12-1-3-5(13)7(15)9(17)11(21-3)19-2-4-6(14)8(16)10(18)20-4/h3-18H,1-2H2/t3-,4-,5-,6-,7+,8+,9-,10?,11+/m1/s1. The van der Waals surface area contributed by atoms with Crippen LogP contribution in [0.15, 0.2) is 0 Å². The third-order valence-electron chi connectivity index (χ3n) is 3.61. The van der Waals surface area contributed by atoms with Gasteiger partial charge < -0.3 is 50.0 Å². The average Bonchev–Trinajstić information content (AvgIpc) is 2.71. The van der Waals surface area contributed by atoms with Crippen LogP contribution >= 0.6 is 0 Å². The number of aliphatic hydroxyl groups excluding tert-OH is 7. The molecule has 0 spiro atoms. The maximum atomic E-state index is 9.72. The van der Waals surface area contributed by atoms with Gasteiger partial charge in [0.05, 0.1) is 13.2 Å². The van der Waals surface area contributed by atoms with Gasteiger partial charge in [0.1, 0.15) is 42.7 Å². The highest BCUT2D eigenvalue weighted by molar-refractivity contribution is 4.90. The highest BCUT2D eigenvalue weighted by atomic mass is 16.7. The Bertz CT molecular complexity index is 339. The third kappa shape index (κ3) is 3.35. The molecule has 21 heavy (non-hydrogen) atoms. The van der Waals surface area contributed by atoms with E-state index >= 15 is 0 Å². The van der Waals surface area contributed by atoms with E-state index in [4.69, 9.17) is 19.3 Å². The van der Waals surface area contributed by atoms with E-state index in [1.807, 2.05) is 0 Å². The van der Waals surface area contributed by atoms with Crippen LogP contribution in [0.5, 0.6) is 0 Å². The van der Waals surface area contributed by atoms with Crippen LogP contribution in [-0.4, -0.2) is 104 Å².